The lowest BCUT2D eigenvalue weighted by molar-refractivity contribution is -0.113. The molecule has 0 bridgehead atoms. The van der Waals surface area contributed by atoms with Crippen LogP contribution in [-0.4, -0.2) is 18.1 Å². The molecule has 1 rings (SSSR count). The monoisotopic (exact) mass is 217 g/mol. The fraction of sp³-hybridized carbons (Fsp3) is 0.250. The molecule has 0 atom stereocenters. The van der Waals surface area contributed by atoms with Crippen molar-refractivity contribution in [2.45, 2.75) is 6.92 Å². The number of carbonyl (C=O) groups is 2. The van der Waals surface area contributed by atoms with E-state index in [-0.39, 0.29) is 11.8 Å². The predicted molar refractivity (Wildman–Crippen MR) is 53.8 cm³/mol. The minimum absolute atomic E-state index is 0.102. The van der Waals surface area contributed by atoms with E-state index >= 15 is 0 Å². The van der Waals surface area contributed by atoms with Gasteiger partial charge in [-0.05, 0) is 13.0 Å². The van der Waals surface area contributed by atoms with Gasteiger partial charge in [-0.25, -0.2) is 0 Å². The Bertz CT molecular complexity index is 335. The van der Waals surface area contributed by atoms with E-state index in [0.29, 0.717) is 16.9 Å². The summed E-state index contributed by atoms with van der Waals surface area (Å²) >= 11 is 6.67. The molecule has 0 radical (unpaired) electrons. The van der Waals surface area contributed by atoms with Crippen LogP contribution in [0.1, 0.15) is 15.2 Å². The molecule has 0 aliphatic rings. The quantitative estimate of drug-likeness (QED) is 0.622. The number of anilines is 1. The Kier molecular flexibility index (Phi) is 3.45. The van der Waals surface area contributed by atoms with Gasteiger partial charge in [0.15, 0.2) is 6.29 Å². The second kappa shape index (κ2) is 4.39. The van der Waals surface area contributed by atoms with Gasteiger partial charge in [-0.3, -0.25) is 9.59 Å². The molecule has 1 heterocycles. The fourth-order valence-corrected chi connectivity index (χ4v) is 1.84. The average Bonchev–Trinajstić information content (AvgIpc) is 2.46. The zero-order valence-electron chi connectivity index (χ0n) is 6.96. The van der Waals surface area contributed by atoms with Crippen LogP contribution in [0.2, 0.25) is 0 Å². The van der Waals surface area contributed by atoms with E-state index in [0.717, 1.165) is 4.88 Å². The molecular formula is C8H8ClNO2S. The van der Waals surface area contributed by atoms with Gasteiger partial charge in [0.1, 0.15) is 10.9 Å². The zero-order chi connectivity index (χ0) is 9.84. The van der Waals surface area contributed by atoms with E-state index in [9.17, 15) is 9.59 Å². The second-order valence-corrected chi connectivity index (χ2v) is 3.96. The lowest BCUT2D eigenvalue weighted by Gasteiger charge is -1.98. The van der Waals surface area contributed by atoms with Crippen LogP contribution in [0.5, 0.6) is 0 Å². The minimum Gasteiger partial charge on any atom is -0.316 e. The summed E-state index contributed by atoms with van der Waals surface area (Å²) in [6.45, 7) is 1.87. The minimum atomic E-state index is -0.299. The molecule has 0 saturated carbocycles. The lowest BCUT2D eigenvalue weighted by atomic mass is 10.3. The largest absolute Gasteiger partial charge is 0.316 e. The zero-order valence-corrected chi connectivity index (χ0v) is 8.54. The Hall–Kier alpha value is -0.870. The number of carbonyl (C=O) groups excluding carboxylic acids is 2. The number of rotatable bonds is 3. The number of amides is 1. The molecule has 3 nitrogen and oxygen atoms in total. The van der Waals surface area contributed by atoms with E-state index < -0.39 is 0 Å². The van der Waals surface area contributed by atoms with Crippen LogP contribution in [0.25, 0.3) is 0 Å². The molecule has 1 aromatic rings. The Morgan fingerprint density at radius 1 is 1.77 bits per heavy atom. The summed E-state index contributed by atoms with van der Waals surface area (Å²) in [4.78, 5) is 22.4. The molecule has 0 saturated heterocycles. The molecule has 0 aromatic carbocycles. The highest BCUT2D eigenvalue weighted by Gasteiger charge is 2.08. The topological polar surface area (TPSA) is 46.2 Å². The lowest BCUT2D eigenvalue weighted by Crippen LogP contribution is -2.12. The summed E-state index contributed by atoms with van der Waals surface area (Å²) in [5.41, 5.74) is 0.501. The summed E-state index contributed by atoms with van der Waals surface area (Å²) < 4.78 is 0. The van der Waals surface area contributed by atoms with Crippen LogP contribution < -0.4 is 5.32 Å². The molecule has 0 aliphatic carbocycles. The van der Waals surface area contributed by atoms with E-state index in [4.69, 9.17) is 11.6 Å². The first-order valence-corrected chi connectivity index (χ1v) is 4.94. The third-order valence-electron chi connectivity index (χ3n) is 1.39. The number of aryl methyl sites for hydroxylation is 1. The van der Waals surface area contributed by atoms with Gasteiger partial charge >= 0.3 is 0 Å². The van der Waals surface area contributed by atoms with Crippen LogP contribution in [0.4, 0.5) is 5.00 Å². The Balaban J connectivity index is 2.86. The number of alkyl halides is 1. The highest BCUT2D eigenvalue weighted by Crippen LogP contribution is 2.25. The van der Waals surface area contributed by atoms with Crippen LogP contribution >= 0.6 is 22.9 Å². The number of aldehydes is 1. The summed E-state index contributed by atoms with van der Waals surface area (Å²) in [5.74, 6) is -0.401. The van der Waals surface area contributed by atoms with Gasteiger partial charge in [-0.1, -0.05) is 0 Å². The SMILES string of the molecule is Cc1cc(C=O)c(NC(=O)CCl)s1. The molecule has 1 N–H and O–H groups in total. The molecule has 0 spiro atoms. The number of hydrogen-bond acceptors (Lipinski definition) is 3. The van der Waals surface area contributed by atoms with Gasteiger partial charge in [0.2, 0.25) is 5.91 Å². The van der Waals surface area contributed by atoms with Gasteiger partial charge in [0, 0.05) is 10.4 Å². The standard InChI is InChI=1S/C8H8ClNO2S/c1-5-2-6(4-11)8(13-5)10-7(12)3-9/h2,4H,3H2,1H3,(H,10,12). The van der Waals surface area contributed by atoms with Gasteiger partial charge in [0.05, 0.1) is 0 Å². The van der Waals surface area contributed by atoms with Gasteiger partial charge in [-0.15, -0.1) is 22.9 Å². The van der Waals surface area contributed by atoms with Crippen molar-refractivity contribution in [3.63, 3.8) is 0 Å². The predicted octanol–water partition coefficient (Wildman–Crippen LogP) is 2.05. The van der Waals surface area contributed by atoms with E-state index in [1.807, 2.05) is 6.92 Å². The Morgan fingerprint density at radius 2 is 2.46 bits per heavy atom. The maximum Gasteiger partial charge on any atom is 0.239 e. The molecule has 0 aliphatic heterocycles. The molecule has 0 fully saturated rings. The summed E-state index contributed by atoms with van der Waals surface area (Å²) in [6.07, 6.45) is 0.716. The number of thiophene rings is 1. The number of halogens is 1. The maximum absolute atomic E-state index is 10.9. The van der Waals surface area contributed by atoms with Crippen molar-refractivity contribution in [3.05, 3.63) is 16.5 Å². The molecule has 1 aromatic heterocycles. The molecule has 70 valence electrons. The summed E-state index contributed by atoms with van der Waals surface area (Å²) in [6, 6.07) is 1.72. The first-order chi connectivity index (χ1) is 6.17. The fourth-order valence-electron chi connectivity index (χ4n) is 0.879. The Morgan fingerprint density at radius 3 is 3.00 bits per heavy atom. The molecular weight excluding hydrogens is 210 g/mol. The average molecular weight is 218 g/mol. The van der Waals surface area contributed by atoms with E-state index in [1.165, 1.54) is 11.3 Å². The van der Waals surface area contributed by atoms with Crippen molar-refractivity contribution >= 4 is 40.1 Å². The van der Waals surface area contributed by atoms with Gasteiger partial charge in [-0.2, -0.15) is 0 Å². The molecule has 1 amide bonds. The number of nitrogens with one attached hydrogen (secondary N) is 1. The maximum atomic E-state index is 10.9. The van der Waals surface area contributed by atoms with Crippen molar-refractivity contribution in [3.8, 4) is 0 Å². The van der Waals surface area contributed by atoms with Crippen LogP contribution in [0, 0.1) is 6.92 Å². The first kappa shape index (κ1) is 10.2. The van der Waals surface area contributed by atoms with Crippen LogP contribution in [0.15, 0.2) is 6.07 Å². The summed E-state index contributed by atoms with van der Waals surface area (Å²) in [7, 11) is 0. The summed E-state index contributed by atoms with van der Waals surface area (Å²) in [5, 5.41) is 3.12. The highest BCUT2D eigenvalue weighted by molar-refractivity contribution is 7.16. The Labute approximate surface area is 84.7 Å². The van der Waals surface area contributed by atoms with Crippen molar-refractivity contribution in [1.82, 2.24) is 0 Å². The van der Waals surface area contributed by atoms with Crippen molar-refractivity contribution in [2.24, 2.45) is 0 Å². The van der Waals surface area contributed by atoms with Crippen molar-refractivity contribution < 1.29 is 9.59 Å². The van der Waals surface area contributed by atoms with Crippen molar-refractivity contribution in [1.29, 1.82) is 0 Å². The second-order valence-electron chi connectivity index (χ2n) is 2.44. The molecule has 0 unspecified atom stereocenters. The third-order valence-corrected chi connectivity index (χ3v) is 2.61. The molecule has 5 heteroatoms. The first-order valence-electron chi connectivity index (χ1n) is 3.58. The van der Waals surface area contributed by atoms with Crippen LogP contribution in [-0.2, 0) is 4.79 Å². The third kappa shape index (κ3) is 2.54. The van der Waals surface area contributed by atoms with Crippen molar-refractivity contribution in [2.75, 3.05) is 11.2 Å². The van der Waals surface area contributed by atoms with Crippen LogP contribution in [0.3, 0.4) is 0 Å². The van der Waals surface area contributed by atoms with E-state index in [1.54, 1.807) is 6.07 Å². The van der Waals surface area contributed by atoms with Gasteiger partial charge in [0.25, 0.3) is 0 Å². The molecule has 13 heavy (non-hydrogen) atoms. The normalized spacial score (nSPS) is 9.69. The smallest absolute Gasteiger partial charge is 0.239 e. The van der Waals surface area contributed by atoms with Gasteiger partial charge < -0.3 is 5.32 Å². The number of hydrogen-bond donors (Lipinski definition) is 1. The highest BCUT2D eigenvalue weighted by atomic mass is 35.5. The van der Waals surface area contributed by atoms with E-state index in [2.05, 4.69) is 5.32 Å².